The van der Waals surface area contributed by atoms with E-state index in [2.05, 4.69) is 26.6 Å². The van der Waals surface area contributed by atoms with Crippen molar-refractivity contribution in [2.24, 2.45) is 5.92 Å². The SMILES string of the molecule is Cc1cc(NC(=O)CNC(=O)C(Oc2ccccc2C#N)C(C)C)ccc1Br. The average Bonchev–Trinajstić information content (AvgIpc) is 2.67. The second-order valence-corrected chi connectivity index (χ2v) is 7.47. The average molecular weight is 444 g/mol. The number of nitrogens with zero attached hydrogens (tertiary/aromatic N) is 1. The van der Waals surface area contributed by atoms with Gasteiger partial charge < -0.3 is 15.4 Å². The number of para-hydroxylation sites is 1. The lowest BCUT2D eigenvalue weighted by Crippen LogP contribution is -2.44. The van der Waals surface area contributed by atoms with Crippen LogP contribution in [0.5, 0.6) is 5.75 Å². The Balaban J connectivity index is 1.97. The van der Waals surface area contributed by atoms with E-state index >= 15 is 0 Å². The lowest BCUT2D eigenvalue weighted by Gasteiger charge is -2.22. The topological polar surface area (TPSA) is 91.2 Å². The Morgan fingerprint density at radius 2 is 1.93 bits per heavy atom. The van der Waals surface area contributed by atoms with Crippen molar-refractivity contribution < 1.29 is 14.3 Å². The van der Waals surface area contributed by atoms with E-state index in [1.807, 2.05) is 39.0 Å². The van der Waals surface area contributed by atoms with Crippen LogP contribution in [0.2, 0.25) is 0 Å². The van der Waals surface area contributed by atoms with Crippen molar-refractivity contribution in [1.82, 2.24) is 5.32 Å². The molecular weight excluding hydrogens is 422 g/mol. The summed E-state index contributed by atoms with van der Waals surface area (Å²) >= 11 is 3.41. The molecule has 2 rings (SSSR count). The molecule has 0 spiro atoms. The molecule has 0 heterocycles. The Labute approximate surface area is 173 Å². The Morgan fingerprint density at radius 3 is 2.57 bits per heavy atom. The zero-order valence-corrected chi connectivity index (χ0v) is 17.5. The van der Waals surface area contributed by atoms with Gasteiger partial charge >= 0.3 is 0 Å². The second kappa shape index (κ2) is 9.90. The van der Waals surface area contributed by atoms with Crippen molar-refractivity contribution in [2.75, 3.05) is 11.9 Å². The van der Waals surface area contributed by atoms with E-state index in [1.54, 1.807) is 30.3 Å². The fourth-order valence-electron chi connectivity index (χ4n) is 2.49. The zero-order chi connectivity index (χ0) is 20.7. The van der Waals surface area contributed by atoms with Crippen LogP contribution in [-0.4, -0.2) is 24.5 Å². The molecule has 0 fully saturated rings. The largest absolute Gasteiger partial charge is 0.479 e. The molecule has 0 aliphatic carbocycles. The summed E-state index contributed by atoms with van der Waals surface area (Å²) in [7, 11) is 0. The first kappa shape index (κ1) is 21.5. The number of ether oxygens (including phenoxy) is 1. The molecule has 2 aromatic rings. The van der Waals surface area contributed by atoms with E-state index in [0.29, 0.717) is 17.0 Å². The minimum absolute atomic E-state index is 0.149. The molecule has 0 aromatic heterocycles. The van der Waals surface area contributed by atoms with Crippen LogP contribution in [0.4, 0.5) is 5.69 Å². The van der Waals surface area contributed by atoms with E-state index in [0.717, 1.165) is 10.0 Å². The van der Waals surface area contributed by atoms with Crippen molar-refractivity contribution in [3.05, 3.63) is 58.1 Å². The van der Waals surface area contributed by atoms with Crippen LogP contribution in [-0.2, 0) is 9.59 Å². The molecule has 0 aliphatic heterocycles. The minimum atomic E-state index is -0.822. The van der Waals surface area contributed by atoms with Gasteiger partial charge in [-0.3, -0.25) is 9.59 Å². The Kier molecular flexibility index (Phi) is 7.59. The fourth-order valence-corrected chi connectivity index (χ4v) is 2.73. The number of nitriles is 1. The number of carbonyl (C=O) groups is 2. The van der Waals surface area contributed by atoms with Gasteiger partial charge in [0.05, 0.1) is 12.1 Å². The molecule has 2 amide bonds. The summed E-state index contributed by atoms with van der Waals surface area (Å²) in [5.74, 6) is -0.558. The third kappa shape index (κ3) is 5.83. The highest BCUT2D eigenvalue weighted by Crippen LogP contribution is 2.21. The molecule has 0 saturated carbocycles. The molecule has 1 unspecified atom stereocenters. The summed E-state index contributed by atoms with van der Waals surface area (Å²) in [6.45, 7) is 5.42. The third-order valence-electron chi connectivity index (χ3n) is 3.99. The Hall–Kier alpha value is -2.85. The van der Waals surface area contributed by atoms with E-state index in [9.17, 15) is 14.9 Å². The molecule has 146 valence electrons. The maximum absolute atomic E-state index is 12.5. The van der Waals surface area contributed by atoms with Gasteiger partial charge in [-0.15, -0.1) is 0 Å². The summed E-state index contributed by atoms with van der Waals surface area (Å²) in [6, 6.07) is 14.2. The van der Waals surface area contributed by atoms with E-state index in [4.69, 9.17) is 4.74 Å². The van der Waals surface area contributed by atoms with Crippen LogP contribution < -0.4 is 15.4 Å². The molecular formula is C21H22BrN3O3. The van der Waals surface area contributed by atoms with E-state index < -0.39 is 12.0 Å². The van der Waals surface area contributed by atoms with Gasteiger partial charge in [-0.25, -0.2) is 0 Å². The van der Waals surface area contributed by atoms with Gasteiger partial charge in [0.25, 0.3) is 5.91 Å². The number of amides is 2. The van der Waals surface area contributed by atoms with Crippen LogP contribution in [0.1, 0.15) is 25.0 Å². The van der Waals surface area contributed by atoms with Gasteiger partial charge in [0.1, 0.15) is 11.8 Å². The number of aryl methyl sites for hydroxylation is 1. The van der Waals surface area contributed by atoms with Gasteiger partial charge in [-0.05, 0) is 48.7 Å². The molecule has 0 radical (unpaired) electrons. The van der Waals surface area contributed by atoms with E-state index in [-0.39, 0.29) is 18.4 Å². The number of benzene rings is 2. The first-order chi connectivity index (χ1) is 13.3. The number of hydrogen-bond acceptors (Lipinski definition) is 4. The van der Waals surface area contributed by atoms with Gasteiger partial charge in [0.15, 0.2) is 6.10 Å². The first-order valence-electron chi connectivity index (χ1n) is 8.81. The number of hydrogen-bond donors (Lipinski definition) is 2. The second-order valence-electron chi connectivity index (χ2n) is 6.62. The van der Waals surface area contributed by atoms with Crippen LogP contribution in [0.15, 0.2) is 46.9 Å². The normalized spacial score (nSPS) is 11.4. The number of carbonyl (C=O) groups excluding carboxylic acids is 2. The number of anilines is 1. The van der Waals surface area contributed by atoms with Gasteiger partial charge in [-0.2, -0.15) is 5.26 Å². The number of halogens is 1. The molecule has 7 heteroatoms. The van der Waals surface area contributed by atoms with Crippen LogP contribution in [0, 0.1) is 24.2 Å². The molecule has 0 bridgehead atoms. The molecule has 2 aromatic carbocycles. The molecule has 6 nitrogen and oxygen atoms in total. The first-order valence-corrected chi connectivity index (χ1v) is 9.60. The molecule has 2 N–H and O–H groups in total. The van der Waals surface area contributed by atoms with Crippen molar-refractivity contribution in [1.29, 1.82) is 5.26 Å². The molecule has 0 saturated heterocycles. The van der Waals surface area contributed by atoms with Crippen LogP contribution >= 0.6 is 15.9 Å². The maximum atomic E-state index is 12.5. The standard InChI is InChI=1S/C21H22BrN3O3/c1-13(2)20(28-18-7-5-4-6-15(18)11-23)21(27)24-12-19(26)25-16-8-9-17(22)14(3)10-16/h4-10,13,20H,12H2,1-3H3,(H,24,27)(H,25,26). The third-order valence-corrected chi connectivity index (χ3v) is 4.88. The smallest absolute Gasteiger partial charge is 0.261 e. The van der Waals surface area contributed by atoms with E-state index in [1.165, 1.54) is 0 Å². The zero-order valence-electron chi connectivity index (χ0n) is 16.0. The lowest BCUT2D eigenvalue weighted by molar-refractivity contribution is -0.131. The number of rotatable bonds is 7. The summed E-state index contributed by atoms with van der Waals surface area (Å²) < 4.78 is 6.72. The highest BCUT2D eigenvalue weighted by atomic mass is 79.9. The monoisotopic (exact) mass is 443 g/mol. The van der Waals surface area contributed by atoms with Gasteiger partial charge in [0, 0.05) is 10.2 Å². The van der Waals surface area contributed by atoms with Crippen molar-refractivity contribution in [3.63, 3.8) is 0 Å². The predicted octanol–water partition coefficient (Wildman–Crippen LogP) is 3.79. The van der Waals surface area contributed by atoms with Gasteiger partial charge in [-0.1, -0.05) is 41.9 Å². The summed E-state index contributed by atoms with van der Waals surface area (Å²) in [4.78, 5) is 24.7. The van der Waals surface area contributed by atoms with Crippen molar-refractivity contribution in [3.8, 4) is 11.8 Å². The molecule has 1 atom stereocenters. The Bertz CT molecular complexity index is 906. The highest BCUT2D eigenvalue weighted by Gasteiger charge is 2.25. The quantitative estimate of drug-likeness (QED) is 0.680. The van der Waals surface area contributed by atoms with Crippen molar-refractivity contribution in [2.45, 2.75) is 26.9 Å². The fraction of sp³-hybridized carbons (Fsp3) is 0.286. The molecule has 0 aliphatic rings. The predicted molar refractivity (Wildman–Crippen MR) is 111 cm³/mol. The van der Waals surface area contributed by atoms with Gasteiger partial charge in [0.2, 0.25) is 5.91 Å². The van der Waals surface area contributed by atoms with Crippen LogP contribution in [0.25, 0.3) is 0 Å². The van der Waals surface area contributed by atoms with Crippen molar-refractivity contribution >= 4 is 33.4 Å². The summed E-state index contributed by atoms with van der Waals surface area (Å²) in [6.07, 6.45) is -0.822. The minimum Gasteiger partial charge on any atom is -0.479 e. The maximum Gasteiger partial charge on any atom is 0.261 e. The Morgan fingerprint density at radius 1 is 1.21 bits per heavy atom. The lowest BCUT2D eigenvalue weighted by atomic mass is 10.1. The number of nitrogens with one attached hydrogen (secondary N) is 2. The summed E-state index contributed by atoms with van der Waals surface area (Å²) in [5, 5.41) is 14.5. The summed E-state index contributed by atoms with van der Waals surface area (Å²) in [5.41, 5.74) is 2.00. The highest BCUT2D eigenvalue weighted by molar-refractivity contribution is 9.10. The molecule has 28 heavy (non-hydrogen) atoms. The van der Waals surface area contributed by atoms with Crippen LogP contribution in [0.3, 0.4) is 0 Å².